The van der Waals surface area contributed by atoms with Gasteiger partial charge in [0, 0.05) is 23.3 Å². The summed E-state index contributed by atoms with van der Waals surface area (Å²) in [7, 11) is -3.99. The molecule has 1 aromatic heterocycles. The van der Waals surface area contributed by atoms with Gasteiger partial charge in [-0.2, -0.15) is 4.98 Å². The maximum Gasteiger partial charge on any atom is 0.264 e. The first-order chi connectivity index (χ1) is 17.7. The second-order valence-electron chi connectivity index (χ2n) is 8.55. The Morgan fingerprint density at radius 1 is 1.03 bits per heavy atom. The Bertz CT molecular complexity index is 1610. The van der Waals surface area contributed by atoms with Crippen LogP contribution >= 0.6 is 11.6 Å². The average molecular weight is 535 g/mol. The van der Waals surface area contributed by atoms with Crippen molar-refractivity contribution < 1.29 is 13.2 Å². The summed E-state index contributed by atoms with van der Waals surface area (Å²) in [6.07, 6.45) is 1.98. The lowest BCUT2D eigenvalue weighted by Crippen LogP contribution is -2.20. The first-order valence-corrected chi connectivity index (χ1v) is 13.2. The molecular weight excluding hydrogens is 512 g/mol. The van der Waals surface area contributed by atoms with Gasteiger partial charge in [0.2, 0.25) is 11.9 Å². The van der Waals surface area contributed by atoms with Crippen LogP contribution in [0.2, 0.25) is 5.02 Å². The van der Waals surface area contributed by atoms with Gasteiger partial charge in [-0.05, 0) is 54.5 Å². The number of anilines is 3. The lowest BCUT2D eigenvalue weighted by Gasteiger charge is -2.25. The number of carbonyl (C=O) groups is 1. The molecule has 1 atom stereocenters. The molecule has 1 amide bonds. The standard InChI is InChI=1S/C26H23ClN6O3S/c1-16-7-9-18(10-8-16)23-15-24(21-5-3-4-6-22(21)27)33-26(29-23)30-25(31-33)32-37(35,36)20-13-11-19(12-14-20)28-17(2)34/h3-15,24H,1-2H3,(H,28,34)(H2,29,30,31,32). The molecule has 0 saturated carbocycles. The van der Waals surface area contributed by atoms with Crippen molar-refractivity contribution in [3.05, 3.63) is 101 Å². The maximum absolute atomic E-state index is 13.0. The molecule has 3 aromatic carbocycles. The van der Waals surface area contributed by atoms with Crippen molar-refractivity contribution in [1.82, 2.24) is 14.8 Å². The van der Waals surface area contributed by atoms with Crippen molar-refractivity contribution in [1.29, 1.82) is 0 Å². The van der Waals surface area contributed by atoms with E-state index in [1.54, 1.807) is 10.7 Å². The van der Waals surface area contributed by atoms with E-state index in [4.69, 9.17) is 11.6 Å². The molecule has 3 N–H and O–H groups in total. The number of carbonyl (C=O) groups excluding carboxylic acids is 1. The zero-order chi connectivity index (χ0) is 26.2. The van der Waals surface area contributed by atoms with Crippen LogP contribution in [0.4, 0.5) is 17.6 Å². The van der Waals surface area contributed by atoms with E-state index in [-0.39, 0.29) is 16.8 Å². The number of benzene rings is 3. The Kier molecular flexibility index (Phi) is 6.45. The van der Waals surface area contributed by atoms with Gasteiger partial charge in [-0.3, -0.25) is 4.79 Å². The van der Waals surface area contributed by atoms with Crippen molar-refractivity contribution in [2.75, 3.05) is 15.4 Å². The number of amides is 1. The van der Waals surface area contributed by atoms with Crippen molar-refractivity contribution >= 4 is 50.8 Å². The molecule has 2 heterocycles. The smallest absolute Gasteiger partial charge is 0.264 e. The van der Waals surface area contributed by atoms with Crippen LogP contribution in [-0.2, 0) is 14.8 Å². The third-order valence-electron chi connectivity index (χ3n) is 5.76. The van der Waals surface area contributed by atoms with Gasteiger partial charge in [0.15, 0.2) is 0 Å². The van der Waals surface area contributed by atoms with Crippen LogP contribution in [0.3, 0.4) is 0 Å². The van der Waals surface area contributed by atoms with Crippen LogP contribution < -0.4 is 15.4 Å². The maximum atomic E-state index is 13.0. The first-order valence-electron chi connectivity index (χ1n) is 11.4. The van der Waals surface area contributed by atoms with Crippen molar-refractivity contribution in [2.45, 2.75) is 24.8 Å². The number of aromatic nitrogens is 3. The highest BCUT2D eigenvalue weighted by Crippen LogP contribution is 2.36. The number of nitrogens with one attached hydrogen (secondary N) is 3. The molecule has 9 nitrogen and oxygen atoms in total. The molecular formula is C26H23ClN6O3S. The molecule has 0 saturated heterocycles. The molecule has 5 rings (SSSR count). The number of fused-ring (bicyclic) bond motifs is 1. The van der Waals surface area contributed by atoms with E-state index in [2.05, 4.69) is 25.4 Å². The predicted octanol–water partition coefficient (Wildman–Crippen LogP) is 5.06. The first kappa shape index (κ1) is 24.5. The molecule has 0 fully saturated rings. The number of aryl methyl sites for hydroxylation is 1. The summed E-state index contributed by atoms with van der Waals surface area (Å²) < 4.78 is 30.1. The number of halogens is 1. The fourth-order valence-electron chi connectivity index (χ4n) is 3.97. The summed E-state index contributed by atoms with van der Waals surface area (Å²) in [5.41, 5.74) is 4.16. The predicted molar refractivity (Wildman–Crippen MR) is 144 cm³/mol. The third kappa shape index (κ3) is 5.20. The largest absolute Gasteiger partial charge is 0.326 e. The highest BCUT2D eigenvalue weighted by molar-refractivity contribution is 7.92. The average Bonchev–Trinajstić information content (AvgIpc) is 3.26. The Morgan fingerprint density at radius 2 is 1.73 bits per heavy atom. The van der Waals surface area contributed by atoms with Gasteiger partial charge in [-0.15, -0.1) is 5.10 Å². The van der Waals surface area contributed by atoms with E-state index < -0.39 is 16.1 Å². The molecule has 0 aliphatic carbocycles. The summed E-state index contributed by atoms with van der Waals surface area (Å²) in [6.45, 7) is 3.39. The molecule has 1 aliphatic rings. The van der Waals surface area contributed by atoms with E-state index >= 15 is 0 Å². The van der Waals surface area contributed by atoms with Gasteiger partial charge in [-0.1, -0.05) is 59.6 Å². The molecule has 1 unspecified atom stereocenters. The minimum absolute atomic E-state index is 0.00320. The summed E-state index contributed by atoms with van der Waals surface area (Å²) in [4.78, 5) is 15.7. The van der Waals surface area contributed by atoms with Crippen LogP contribution in [0, 0.1) is 6.92 Å². The number of allylic oxidation sites excluding steroid dienone is 1. The number of hydrogen-bond acceptors (Lipinski definition) is 6. The molecule has 0 bridgehead atoms. The van der Waals surface area contributed by atoms with Crippen LogP contribution in [0.5, 0.6) is 0 Å². The van der Waals surface area contributed by atoms with E-state index in [1.165, 1.54) is 31.2 Å². The van der Waals surface area contributed by atoms with Gasteiger partial charge < -0.3 is 10.6 Å². The SMILES string of the molecule is CC(=O)Nc1ccc(S(=O)(=O)Nc2nc3n(n2)C(c2ccccc2Cl)C=C(c2ccc(C)cc2)N3)cc1. The topological polar surface area (TPSA) is 118 Å². The Morgan fingerprint density at radius 3 is 2.41 bits per heavy atom. The summed E-state index contributed by atoms with van der Waals surface area (Å²) in [5.74, 6) is 0.0199. The number of rotatable bonds is 6. The zero-order valence-electron chi connectivity index (χ0n) is 19.9. The van der Waals surface area contributed by atoms with Crippen LogP contribution in [0.25, 0.3) is 5.70 Å². The summed E-state index contributed by atoms with van der Waals surface area (Å²) >= 11 is 6.53. The van der Waals surface area contributed by atoms with Gasteiger partial charge in [0.05, 0.1) is 4.90 Å². The van der Waals surface area contributed by atoms with E-state index in [0.29, 0.717) is 16.7 Å². The molecule has 0 radical (unpaired) electrons. The van der Waals surface area contributed by atoms with Crippen molar-refractivity contribution in [3.8, 4) is 0 Å². The number of sulfonamides is 1. The van der Waals surface area contributed by atoms with Crippen molar-refractivity contribution in [3.63, 3.8) is 0 Å². The molecule has 1 aliphatic heterocycles. The minimum Gasteiger partial charge on any atom is -0.326 e. The molecule has 4 aromatic rings. The van der Waals surface area contributed by atoms with Crippen LogP contribution in [0.1, 0.15) is 29.7 Å². The normalized spacial score (nSPS) is 14.8. The quantitative estimate of drug-likeness (QED) is 0.318. The van der Waals surface area contributed by atoms with E-state index in [0.717, 1.165) is 22.4 Å². The van der Waals surface area contributed by atoms with Crippen molar-refractivity contribution in [2.24, 2.45) is 0 Å². The Balaban J connectivity index is 1.49. The third-order valence-corrected chi connectivity index (χ3v) is 7.45. The van der Waals surface area contributed by atoms with Gasteiger partial charge >= 0.3 is 0 Å². The number of nitrogens with zero attached hydrogens (tertiary/aromatic N) is 3. The molecule has 37 heavy (non-hydrogen) atoms. The highest BCUT2D eigenvalue weighted by atomic mass is 35.5. The van der Waals surface area contributed by atoms with Crippen LogP contribution in [0.15, 0.2) is 83.8 Å². The summed E-state index contributed by atoms with van der Waals surface area (Å²) in [6, 6.07) is 20.8. The minimum atomic E-state index is -3.99. The fraction of sp³-hybridized carbons (Fsp3) is 0.115. The molecule has 0 spiro atoms. The van der Waals surface area contributed by atoms with Crippen LogP contribution in [-0.4, -0.2) is 29.1 Å². The molecule has 188 valence electrons. The fourth-order valence-corrected chi connectivity index (χ4v) is 5.16. The van der Waals surface area contributed by atoms with Gasteiger partial charge in [-0.25, -0.2) is 17.8 Å². The zero-order valence-corrected chi connectivity index (χ0v) is 21.5. The van der Waals surface area contributed by atoms with Gasteiger partial charge in [0.25, 0.3) is 16.0 Å². The monoisotopic (exact) mass is 534 g/mol. The lowest BCUT2D eigenvalue weighted by atomic mass is 10.0. The highest BCUT2D eigenvalue weighted by Gasteiger charge is 2.28. The second kappa shape index (κ2) is 9.72. The Labute approximate surface area is 219 Å². The van der Waals surface area contributed by atoms with Gasteiger partial charge in [0.1, 0.15) is 6.04 Å². The Hall–Kier alpha value is -4.15. The molecule has 11 heteroatoms. The second-order valence-corrected chi connectivity index (χ2v) is 10.6. The van der Waals surface area contributed by atoms with E-state index in [1.807, 2.05) is 55.5 Å². The lowest BCUT2D eigenvalue weighted by molar-refractivity contribution is -0.114. The number of hydrogen-bond donors (Lipinski definition) is 3. The van der Waals surface area contributed by atoms with E-state index in [9.17, 15) is 13.2 Å². The summed E-state index contributed by atoms with van der Waals surface area (Å²) in [5, 5.41) is 10.9.